The highest BCUT2D eigenvalue weighted by Gasteiger charge is 2.02. The zero-order valence-corrected chi connectivity index (χ0v) is 11.2. The quantitative estimate of drug-likeness (QED) is 0.563. The van der Waals surface area contributed by atoms with Gasteiger partial charge in [-0.1, -0.05) is 33.1 Å². The smallest absolute Gasteiger partial charge is 0.00643 e. The lowest BCUT2D eigenvalue weighted by Gasteiger charge is -2.15. The minimum atomic E-state index is 0.754. The van der Waals surface area contributed by atoms with Gasteiger partial charge >= 0.3 is 0 Å². The molecule has 0 amide bonds. The van der Waals surface area contributed by atoms with Crippen LogP contribution in [0.15, 0.2) is 0 Å². The molecule has 0 saturated carbocycles. The second-order valence-corrected chi connectivity index (χ2v) is 4.67. The van der Waals surface area contributed by atoms with Crippen LogP contribution in [0.25, 0.3) is 0 Å². The zero-order valence-electron chi connectivity index (χ0n) is 11.2. The maximum Gasteiger partial charge on any atom is 0.00643 e. The largest absolute Gasteiger partial charge is 0.314 e. The molecule has 0 aromatic carbocycles. The minimum Gasteiger partial charge on any atom is -0.314 e. The lowest BCUT2D eigenvalue weighted by atomic mass is 10.1. The van der Waals surface area contributed by atoms with Gasteiger partial charge in [-0.2, -0.15) is 0 Å². The third-order valence-corrected chi connectivity index (χ3v) is 2.89. The van der Waals surface area contributed by atoms with Crippen molar-refractivity contribution in [3.05, 3.63) is 0 Å². The highest BCUT2D eigenvalue weighted by atomic mass is 15.0. The molecule has 0 aliphatic carbocycles. The van der Waals surface area contributed by atoms with Crippen LogP contribution in [-0.4, -0.2) is 38.1 Å². The van der Waals surface area contributed by atoms with Crippen molar-refractivity contribution in [2.45, 2.75) is 58.4 Å². The van der Waals surface area contributed by atoms with Gasteiger partial charge in [0, 0.05) is 6.04 Å². The fourth-order valence-corrected chi connectivity index (χ4v) is 1.91. The Bertz CT molecular complexity index is 124. The maximum absolute atomic E-state index is 3.53. The molecule has 0 aromatic rings. The summed E-state index contributed by atoms with van der Waals surface area (Å²) in [7, 11) is 4.30. The lowest BCUT2D eigenvalue weighted by molar-refractivity contribution is 0.385. The van der Waals surface area contributed by atoms with E-state index in [0.29, 0.717) is 0 Å². The molecule has 92 valence electrons. The van der Waals surface area contributed by atoms with Gasteiger partial charge in [-0.3, -0.25) is 0 Å². The third kappa shape index (κ3) is 10.2. The Hall–Kier alpha value is -0.0800. The van der Waals surface area contributed by atoms with Crippen molar-refractivity contribution >= 4 is 0 Å². The van der Waals surface area contributed by atoms with Crippen LogP contribution in [0.5, 0.6) is 0 Å². The van der Waals surface area contributed by atoms with Crippen LogP contribution in [0.2, 0.25) is 0 Å². The van der Waals surface area contributed by atoms with E-state index < -0.39 is 0 Å². The monoisotopic (exact) mass is 214 g/mol. The number of nitrogens with zero attached hydrogens (tertiary/aromatic N) is 1. The summed E-state index contributed by atoms with van der Waals surface area (Å²) in [5.41, 5.74) is 0. The summed E-state index contributed by atoms with van der Waals surface area (Å²) in [6.07, 6.45) is 8.15. The number of nitrogens with one attached hydrogen (secondary N) is 1. The van der Waals surface area contributed by atoms with Gasteiger partial charge in [0.2, 0.25) is 0 Å². The van der Waals surface area contributed by atoms with E-state index in [1.165, 1.54) is 45.1 Å². The Morgan fingerprint density at radius 2 is 1.67 bits per heavy atom. The lowest BCUT2D eigenvalue weighted by Crippen LogP contribution is -2.27. The van der Waals surface area contributed by atoms with Gasteiger partial charge in [-0.05, 0) is 46.4 Å². The van der Waals surface area contributed by atoms with Gasteiger partial charge in [0.05, 0.1) is 0 Å². The second kappa shape index (κ2) is 10.4. The van der Waals surface area contributed by atoms with E-state index in [9.17, 15) is 0 Å². The molecule has 2 heteroatoms. The van der Waals surface area contributed by atoms with Crippen molar-refractivity contribution in [3.8, 4) is 0 Å². The third-order valence-electron chi connectivity index (χ3n) is 2.89. The summed E-state index contributed by atoms with van der Waals surface area (Å²) in [6.45, 7) is 6.82. The van der Waals surface area contributed by atoms with Gasteiger partial charge in [0.1, 0.15) is 0 Å². The van der Waals surface area contributed by atoms with Crippen LogP contribution in [0.3, 0.4) is 0 Å². The fourth-order valence-electron chi connectivity index (χ4n) is 1.91. The number of hydrogen-bond donors (Lipinski definition) is 1. The fraction of sp³-hybridized carbons (Fsp3) is 1.00. The van der Waals surface area contributed by atoms with Crippen molar-refractivity contribution < 1.29 is 0 Å². The van der Waals surface area contributed by atoms with Gasteiger partial charge in [0.15, 0.2) is 0 Å². The van der Waals surface area contributed by atoms with Crippen LogP contribution < -0.4 is 5.32 Å². The summed E-state index contributed by atoms with van der Waals surface area (Å²) in [5.74, 6) is 0. The number of rotatable bonds is 10. The van der Waals surface area contributed by atoms with Crippen molar-refractivity contribution in [1.29, 1.82) is 0 Å². The van der Waals surface area contributed by atoms with E-state index in [-0.39, 0.29) is 0 Å². The van der Waals surface area contributed by atoms with Crippen LogP contribution in [0.4, 0.5) is 0 Å². The summed E-state index contributed by atoms with van der Waals surface area (Å²) in [6, 6.07) is 0.754. The Morgan fingerprint density at radius 3 is 2.20 bits per heavy atom. The Labute approximate surface area is 96.4 Å². The van der Waals surface area contributed by atoms with Crippen LogP contribution in [0.1, 0.15) is 52.4 Å². The van der Waals surface area contributed by atoms with Crippen molar-refractivity contribution in [2.24, 2.45) is 0 Å². The van der Waals surface area contributed by atoms with Crippen molar-refractivity contribution in [1.82, 2.24) is 10.2 Å². The predicted octanol–water partition coefficient (Wildman–Crippen LogP) is 2.89. The Balaban J connectivity index is 3.21. The molecule has 15 heavy (non-hydrogen) atoms. The highest BCUT2D eigenvalue weighted by Crippen LogP contribution is 2.08. The topological polar surface area (TPSA) is 15.3 Å². The molecule has 0 aromatic heterocycles. The Kier molecular flexibility index (Phi) is 10.4. The first-order chi connectivity index (χ1) is 7.20. The standard InChI is InChI=1S/C13H30N2/c1-5-13(14-6-2)11-9-7-8-10-12-15(3)4/h13-14H,5-12H2,1-4H3. The molecule has 0 spiro atoms. The summed E-state index contributed by atoms with van der Waals surface area (Å²) < 4.78 is 0. The first kappa shape index (κ1) is 14.9. The second-order valence-electron chi connectivity index (χ2n) is 4.67. The molecule has 0 radical (unpaired) electrons. The number of unbranched alkanes of at least 4 members (excludes halogenated alkanes) is 3. The van der Waals surface area contributed by atoms with Gasteiger partial charge in [-0.15, -0.1) is 0 Å². The highest BCUT2D eigenvalue weighted by molar-refractivity contribution is 4.63. The minimum absolute atomic E-state index is 0.754. The average molecular weight is 214 g/mol. The van der Waals surface area contributed by atoms with E-state index in [2.05, 4.69) is 38.2 Å². The molecule has 2 nitrogen and oxygen atoms in total. The van der Waals surface area contributed by atoms with E-state index >= 15 is 0 Å². The first-order valence-corrected chi connectivity index (χ1v) is 6.58. The number of hydrogen-bond acceptors (Lipinski definition) is 2. The molecule has 0 bridgehead atoms. The van der Waals surface area contributed by atoms with E-state index in [0.717, 1.165) is 12.6 Å². The van der Waals surface area contributed by atoms with Crippen LogP contribution >= 0.6 is 0 Å². The SMILES string of the molecule is CCNC(CC)CCCCCCN(C)C. The van der Waals surface area contributed by atoms with E-state index in [1.54, 1.807) is 0 Å². The Morgan fingerprint density at radius 1 is 1.00 bits per heavy atom. The van der Waals surface area contributed by atoms with E-state index in [1.807, 2.05) is 0 Å². The molecular weight excluding hydrogens is 184 g/mol. The molecular formula is C13H30N2. The normalized spacial score (nSPS) is 13.4. The molecule has 0 aliphatic rings. The molecule has 0 aliphatic heterocycles. The molecule has 1 unspecified atom stereocenters. The van der Waals surface area contributed by atoms with Crippen LogP contribution in [0, 0.1) is 0 Å². The van der Waals surface area contributed by atoms with Crippen LogP contribution in [-0.2, 0) is 0 Å². The predicted molar refractivity (Wildman–Crippen MR) is 69.4 cm³/mol. The molecule has 1 atom stereocenters. The van der Waals surface area contributed by atoms with Gasteiger partial charge < -0.3 is 10.2 Å². The first-order valence-electron chi connectivity index (χ1n) is 6.58. The molecule has 0 saturated heterocycles. The summed E-state index contributed by atoms with van der Waals surface area (Å²) in [4.78, 5) is 2.27. The summed E-state index contributed by atoms with van der Waals surface area (Å²) in [5, 5.41) is 3.53. The van der Waals surface area contributed by atoms with Gasteiger partial charge in [0.25, 0.3) is 0 Å². The average Bonchev–Trinajstić information content (AvgIpc) is 2.21. The van der Waals surface area contributed by atoms with Gasteiger partial charge in [-0.25, -0.2) is 0 Å². The zero-order chi connectivity index (χ0) is 11.5. The van der Waals surface area contributed by atoms with Crippen molar-refractivity contribution in [2.75, 3.05) is 27.2 Å². The molecule has 0 fully saturated rings. The van der Waals surface area contributed by atoms with E-state index in [4.69, 9.17) is 0 Å². The van der Waals surface area contributed by atoms with Crippen molar-refractivity contribution in [3.63, 3.8) is 0 Å². The maximum atomic E-state index is 3.53. The summed E-state index contributed by atoms with van der Waals surface area (Å²) >= 11 is 0. The molecule has 0 rings (SSSR count). The molecule has 1 N–H and O–H groups in total. The molecule has 0 heterocycles.